The lowest BCUT2D eigenvalue weighted by atomic mass is 10.3. The van der Waals surface area contributed by atoms with E-state index in [0.29, 0.717) is 0 Å². The number of nitrogens with zero attached hydrogens (tertiary/aromatic N) is 1. The minimum absolute atomic E-state index is 0.173. The smallest absolute Gasteiger partial charge is 0.272 e. The van der Waals surface area contributed by atoms with Gasteiger partial charge in [0.25, 0.3) is 5.69 Å². The normalized spacial score (nSPS) is 10.3. The Balaban J connectivity index is 2.28. The molecule has 0 N–H and O–H groups in total. The first kappa shape index (κ1) is 13.4. The second-order valence-corrected chi connectivity index (χ2v) is 4.40. The van der Waals surface area contributed by atoms with Gasteiger partial charge in [-0.2, -0.15) is 0 Å². The zero-order chi connectivity index (χ0) is 14.0. The van der Waals surface area contributed by atoms with Crippen molar-refractivity contribution in [2.24, 2.45) is 0 Å². The molecule has 0 fully saturated rings. The molecule has 0 atom stereocenters. The topological polar surface area (TPSA) is 52.4 Å². The number of halogens is 3. The van der Waals surface area contributed by atoms with Gasteiger partial charge in [0.15, 0.2) is 11.6 Å². The fourth-order valence-electron chi connectivity index (χ4n) is 1.35. The van der Waals surface area contributed by atoms with Crippen LogP contribution in [0, 0.1) is 21.7 Å². The van der Waals surface area contributed by atoms with Crippen LogP contribution >= 0.6 is 15.9 Å². The Bertz CT molecular complexity index is 649. The van der Waals surface area contributed by atoms with Gasteiger partial charge < -0.3 is 4.74 Å². The number of hydrogen-bond donors (Lipinski definition) is 0. The Morgan fingerprint density at radius 3 is 2.42 bits per heavy atom. The van der Waals surface area contributed by atoms with Gasteiger partial charge >= 0.3 is 0 Å². The maximum absolute atomic E-state index is 13.6. The van der Waals surface area contributed by atoms with Crippen LogP contribution in [0.1, 0.15) is 0 Å². The molecule has 0 heterocycles. The van der Waals surface area contributed by atoms with Crippen LogP contribution < -0.4 is 4.74 Å². The molecule has 0 saturated heterocycles. The fourth-order valence-corrected chi connectivity index (χ4v) is 1.71. The van der Waals surface area contributed by atoms with E-state index in [1.54, 1.807) is 0 Å². The van der Waals surface area contributed by atoms with E-state index in [1.807, 2.05) is 0 Å². The van der Waals surface area contributed by atoms with Gasteiger partial charge in [-0.1, -0.05) is 0 Å². The Labute approximate surface area is 114 Å². The van der Waals surface area contributed by atoms with E-state index in [1.165, 1.54) is 12.1 Å². The van der Waals surface area contributed by atoms with Gasteiger partial charge in [-0.3, -0.25) is 10.1 Å². The van der Waals surface area contributed by atoms with E-state index in [0.717, 1.165) is 24.3 Å². The van der Waals surface area contributed by atoms with E-state index in [4.69, 9.17) is 4.74 Å². The van der Waals surface area contributed by atoms with Crippen molar-refractivity contribution in [2.45, 2.75) is 0 Å². The standard InChI is InChI=1S/C12H6BrF2NO3/c13-9-6-8(2-3-10(9)14)19-12-4-1-7(16(17)18)5-11(12)15/h1-6H. The second kappa shape index (κ2) is 5.31. The van der Waals surface area contributed by atoms with Crippen LogP contribution in [-0.2, 0) is 0 Å². The Kier molecular flexibility index (Phi) is 3.75. The monoisotopic (exact) mass is 329 g/mol. The van der Waals surface area contributed by atoms with E-state index < -0.39 is 16.6 Å². The third kappa shape index (κ3) is 3.05. The number of non-ortho nitro benzene ring substituents is 1. The molecular formula is C12H6BrF2NO3. The first-order valence-electron chi connectivity index (χ1n) is 5.04. The lowest BCUT2D eigenvalue weighted by Crippen LogP contribution is -1.92. The highest BCUT2D eigenvalue weighted by Gasteiger charge is 2.12. The molecule has 4 nitrogen and oxygen atoms in total. The Morgan fingerprint density at radius 1 is 1.11 bits per heavy atom. The van der Waals surface area contributed by atoms with Crippen LogP contribution in [0.4, 0.5) is 14.5 Å². The minimum atomic E-state index is -0.866. The second-order valence-electron chi connectivity index (χ2n) is 3.55. The molecule has 2 rings (SSSR count). The summed E-state index contributed by atoms with van der Waals surface area (Å²) in [6.45, 7) is 0. The maximum atomic E-state index is 13.6. The van der Waals surface area contributed by atoms with Gasteiger partial charge in [-0.15, -0.1) is 0 Å². The third-order valence-corrected chi connectivity index (χ3v) is 2.85. The van der Waals surface area contributed by atoms with E-state index in [-0.39, 0.29) is 21.7 Å². The highest BCUT2D eigenvalue weighted by molar-refractivity contribution is 9.10. The van der Waals surface area contributed by atoms with Gasteiger partial charge in [0.2, 0.25) is 0 Å². The lowest BCUT2D eigenvalue weighted by Gasteiger charge is -2.07. The van der Waals surface area contributed by atoms with Crippen LogP contribution in [0.25, 0.3) is 0 Å². The molecule has 0 saturated carbocycles. The fraction of sp³-hybridized carbons (Fsp3) is 0. The number of nitro benzene ring substituents is 1. The summed E-state index contributed by atoms with van der Waals surface area (Å²) in [7, 11) is 0. The molecule has 19 heavy (non-hydrogen) atoms. The van der Waals surface area contributed by atoms with Gasteiger partial charge in [0.1, 0.15) is 11.6 Å². The Hall–Kier alpha value is -2.02. The van der Waals surface area contributed by atoms with Crippen molar-refractivity contribution < 1.29 is 18.4 Å². The summed E-state index contributed by atoms with van der Waals surface area (Å²) in [5.74, 6) is -1.31. The van der Waals surface area contributed by atoms with Crippen LogP contribution in [0.5, 0.6) is 11.5 Å². The van der Waals surface area contributed by atoms with Crippen molar-refractivity contribution in [1.29, 1.82) is 0 Å². The summed E-state index contributed by atoms with van der Waals surface area (Å²) in [6.07, 6.45) is 0. The molecule has 0 aliphatic carbocycles. The summed E-state index contributed by atoms with van der Waals surface area (Å²) >= 11 is 2.97. The van der Waals surface area contributed by atoms with Gasteiger partial charge in [0.05, 0.1) is 15.5 Å². The molecule has 0 aromatic heterocycles. The third-order valence-electron chi connectivity index (χ3n) is 2.25. The van der Waals surface area contributed by atoms with Gasteiger partial charge in [-0.05, 0) is 40.2 Å². The molecule has 0 amide bonds. The molecule has 2 aromatic rings. The van der Waals surface area contributed by atoms with Gasteiger partial charge in [0, 0.05) is 6.07 Å². The first-order valence-corrected chi connectivity index (χ1v) is 5.83. The molecule has 0 unspecified atom stereocenters. The average Bonchev–Trinajstić information content (AvgIpc) is 2.36. The number of hydrogen-bond acceptors (Lipinski definition) is 3. The number of nitro groups is 1. The van der Waals surface area contributed by atoms with Crippen molar-refractivity contribution in [3.8, 4) is 11.5 Å². The summed E-state index contributed by atoms with van der Waals surface area (Å²) in [4.78, 5) is 9.75. The molecular weight excluding hydrogens is 324 g/mol. The SMILES string of the molecule is O=[N+]([O-])c1ccc(Oc2ccc(F)c(Br)c2)c(F)c1. The van der Waals surface area contributed by atoms with E-state index >= 15 is 0 Å². The van der Waals surface area contributed by atoms with Crippen LogP contribution in [0.15, 0.2) is 40.9 Å². The molecule has 2 aromatic carbocycles. The predicted octanol–water partition coefficient (Wildman–Crippen LogP) is 4.43. The average molecular weight is 330 g/mol. The quantitative estimate of drug-likeness (QED) is 0.618. The molecule has 0 radical (unpaired) electrons. The number of rotatable bonds is 3. The molecule has 0 spiro atoms. The van der Waals surface area contributed by atoms with Crippen LogP contribution in [-0.4, -0.2) is 4.92 Å². The lowest BCUT2D eigenvalue weighted by molar-refractivity contribution is -0.385. The maximum Gasteiger partial charge on any atom is 0.272 e. The largest absolute Gasteiger partial charge is 0.454 e. The van der Waals surface area contributed by atoms with E-state index in [9.17, 15) is 18.9 Å². The molecule has 0 bridgehead atoms. The number of benzene rings is 2. The zero-order valence-electron chi connectivity index (χ0n) is 9.27. The van der Waals surface area contributed by atoms with Crippen molar-refractivity contribution in [3.63, 3.8) is 0 Å². The van der Waals surface area contributed by atoms with Crippen molar-refractivity contribution in [3.05, 3.63) is 62.6 Å². The van der Waals surface area contributed by atoms with Gasteiger partial charge in [-0.25, -0.2) is 8.78 Å². The van der Waals surface area contributed by atoms with Crippen molar-refractivity contribution in [2.75, 3.05) is 0 Å². The zero-order valence-corrected chi connectivity index (χ0v) is 10.9. The van der Waals surface area contributed by atoms with Crippen molar-refractivity contribution >= 4 is 21.6 Å². The molecule has 98 valence electrons. The summed E-state index contributed by atoms with van der Waals surface area (Å²) < 4.78 is 31.9. The number of ether oxygens (including phenoxy) is 1. The van der Waals surface area contributed by atoms with Crippen LogP contribution in [0.2, 0.25) is 0 Å². The summed E-state index contributed by atoms with van der Waals surface area (Å²) in [5.41, 5.74) is -0.370. The van der Waals surface area contributed by atoms with Crippen molar-refractivity contribution in [1.82, 2.24) is 0 Å². The predicted molar refractivity (Wildman–Crippen MR) is 67.2 cm³/mol. The molecule has 7 heteroatoms. The van der Waals surface area contributed by atoms with E-state index in [2.05, 4.69) is 15.9 Å². The summed E-state index contributed by atoms with van der Waals surface area (Å²) in [5, 5.41) is 10.5. The highest BCUT2D eigenvalue weighted by Crippen LogP contribution is 2.29. The van der Waals surface area contributed by atoms with Crippen LogP contribution in [0.3, 0.4) is 0 Å². The summed E-state index contributed by atoms with van der Waals surface area (Å²) in [6, 6.07) is 6.83. The first-order chi connectivity index (χ1) is 8.97. The minimum Gasteiger partial charge on any atom is -0.454 e. The molecule has 0 aliphatic rings. The molecule has 0 aliphatic heterocycles. The highest BCUT2D eigenvalue weighted by atomic mass is 79.9. The Morgan fingerprint density at radius 2 is 1.84 bits per heavy atom.